The zero-order valence-corrected chi connectivity index (χ0v) is 11.3. The summed E-state index contributed by atoms with van der Waals surface area (Å²) in [7, 11) is 0. The van der Waals surface area contributed by atoms with Crippen LogP contribution in [-0.4, -0.2) is 11.5 Å². The minimum atomic E-state index is -0.480. The van der Waals surface area contributed by atoms with Crippen LogP contribution < -0.4 is 10.5 Å². The first-order valence-electron chi connectivity index (χ1n) is 6.45. The molecule has 110 valence electrons. The quantitative estimate of drug-likeness (QED) is 0.655. The van der Waals surface area contributed by atoms with Gasteiger partial charge in [0.25, 0.3) is 5.69 Å². The van der Waals surface area contributed by atoms with Gasteiger partial charge in [0.15, 0.2) is 11.6 Å². The molecule has 0 heterocycles. The Morgan fingerprint density at radius 2 is 2.00 bits per heavy atom. The Morgan fingerprint density at radius 1 is 1.19 bits per heavy atom. The highest BCUT2D eigenvalue weighted by Gasteiger charge is 2.08. The van der Waals surface area contributed by atoms with Crippen LogP contribution in [0, 0.1) is 15.9 Å². The average molecular weight is 290 g/mol. The Bertz CT molecular complexity index is 647. The van der Waals surface area contributed by atoms with Crippen LogP contribution in [-0.2, 0) is 13.0 Å². The third-order valence-corrected chi connectivity index (χ3v) is 2.95. The second-order valence-electron chi connectivity index (χ2n) is 4.52. The van der Waals surface area contributed by atoms with Crippen molar-refractivity contribution in [3.63, 3.8) is 0 Å². The molecule has 21 heavy (non-hydrogen) atoms. The van der Waals surface area contributed by atoms with Crippen molar-refractivity contribution in [2.45, 2.75) is 13.0 Å². The number of ether oxygens (including phenoxy) is 1. The molecular formula is C15H15FN2O3. The Hall–Kier alpha value is -2.47. The van der Waals surface area contributed by atoms with Crippen molar-refractivity contribution in [2.75, 3.05) is 6.54 Å². The highest BCUT2D eigenvalue weighted by molar-refractivity contribution is 5.35. The van der Waals surface area contributed by atoms with Crippen molar-refractivity contribution < 1.29 is 14.1 Å². The van der Waals surface area contributed by atoms with Gasteiger partial charge in [-0.15, -0.1) is 0 Å². The van der Waals surface area contributed by atoms with E-state index in [0.717, 1.165) is 5.56 Å². The van der Waals surface area contributed by atoms with Crippen LogP contribution in [0.3, 0.4) is 0 Å². The standard InChI is InChI=1S/C15H15FN2O3/c16-14-9-11(6-7-17)4-5-15(14)21-10-12-2-1-3-13(8-12)18(19)20/h1-5,8-9H,6-7,10,17H2. The molecule has 0 saturated heterocycles. The fourth-order valence-electron chi connectivity index (χ4n) is 1.90. The van der Waals surface area contributed by atoms with Gasteiger partial charge in [0.05, 0.1) is 4.92 Å². The number of rotatable bonds is 6. The van der Waals surface area contributed by atoms with Crippen molar-refractivity contribution in [2.24, 2.45) is 5.73 Å². The Balaban J connectivity index is 2.06. The largest absolute Gasteiger partial charge is 0.486 e. The zero-order chi connectivity index (χ0) is 15.2. The molecule has 2 rings (SSSR count). The van der Waals surface area contributed by atoms with E-state index in [1.165, 1.54) is 24.3 Å². The van der Waals surface area contributed by atoms with E-state index in [1.54, 1.807) is 18.2 Å². The maximum atomic E-state index is 13.8. The molecule has 5 nitrogen and oxygen atoms in total. The van der Waals surface area contributed by atoms with Crippen molar-refractivity contribution in [3.8, 4) is 5.75 Å². The summed E-state index contributed by atoms with van der Waals surface area (Å²) >= 11 is 0. The van der Waals surface area contributed by atoms with Gasteiger partial charge in [0.2, 0.25) is 0 Å². The van der Waals surface area contributed by atoms with Gasteiger partial charge in [-0.3, -0.25) is 10.1 Å². The number of nitro groups is 1. The van der Waals surface area contributed by atoms with Crippen LogP contribution in [0.15, 0.2) is 42.5 Å². The van der Waals surface area contributed by atoms with E-state index < -0.39 is 10.7 Å². The van der Waals surface area contributed by atoms with E-state index in [1.807, 2.05) is 0 Å². The van der Waals surface area contributed by atoms with E-state index in [2.05, 4.69) is 0 Å². The molecule has 0 radical (unpaired) electrons. The number of hydrogen-bond acceptors (Lipinski definition) is 4. The molecule has 0 aliphatic heterocycles. The lowest BCUT2D eigenvalue weighted by atomic mass is 10.1. The maximum absolute atomic E-state index is 13.8. The number of hydrogen-bond donors (Lipinski definition) is 1. The summed E-state index contributed by atoms with van der Waals surface area (Å²) in [6.07, 6.45) is 0.599. The number of nitro benzene ring substituents is 1. The average Bonchev–Trinajstić information content (AvgIpc) is 2.47. The second-order valence-corrected chi connectivity index (χ2v) is 4.52. The number of benzene rings is 2. The normalized spacial score (nSPS) is 10.4. The lowest BCUT2D eigenvalue weighted by Gasteiger charge is -2.08. The monoisotopic (exact) mass is 290 g/mol. The maximum Gasteiger partial charge on any atom is 0.269 e. The lowest BCUT2D eigenvalue weighted by Crippen LogP contribution is -2.04. The highest BCUT2D eigenvalue weighted by Crippen LogP contribution is 2.21. The molecule has 0 spiro atoms. The Labute approximate surface area is 121 Å². The highest BCUT2D eigenvalue weighted by atomic mass is 19.1. The van der Waals surface area contributed by atoms with Crippen LogP contribution in [0.1, 0.15) is 11.1 Å². The van der Waals surface area contributed by atoms with Crippen LogP contribution in [0.4, 0.5) is 10.1 Å². The van der Waals surface area contributed by atoms with Crippen molar-refractivity contribution >= 4 is 5.69 Å². The lowest BCUT2D eigenvalue weighted by molar-refractivity contribution is -0.384. The van der Waals surface area contributed by atoms with Gasteiger partial charge in [-0.1, -0.05) is 18.2 Å². The van der Waals surface area contributed by atoms with E-state index in [0.29, 0.717) is 18.5 Å². The van der Waals surface area contributed by atoms with E-state index in [4.69, 9.17) is 10.5 Å². The fourth-order valence-corrected chi connectivity index (χ4v) is 1.90. The predicted octanol–water partition coefficient (Wildman–Crippen LogP) is 2.81. The number of non-ortho nitro benzene ring substituents is 1. The van der Waals surface area contributed by atoms with E-state index in [-0.39, 0.29) is 18.0 Å². The van der Waals surface area contributed by atoms with Crippen LogP contribution in [0.25, 0.3) is 0 Å². The third kappa shape index (κ3) is 4.00. The van der Waals surface area contributed by atoms with Crippen molar-refractivity contribution in [1.82, 2.24) is 0 Å². The molecule has 0 aliphatic carbocycles. The molecule has 2 N–H and O–H groups in total. The van der Waals surface area contributed by atoms with Crippen LogP contribution in [0.5, 0.6) is 5.75 Å². The minimum absolute atomic E-state index is 0.0186. The summed E-state index contributed by atoms with van der Waals surface area (Å²) in [5, 5.41) is 10.7. The zero-order valence-electron chi connectivity index (χ0n) is 11.3. The van der Waals surface area contributed by atoms with E-state index in [9.17, 15) is 14.5 Å². The third-order valence-electron chi connectivity index (χ3n) is 2.95. The molecular weight excluding hydrogens is 275 g/mol. The molecule has 0 unspecified atom stereocenters. The van der Waals surface area contributed by atoms with Gasteiger partial charge in [-0.2, -0.15) is 0 Å². The first-order valence-corrected chi connectivity index (χ1v) is 6.45. The topological polar surface area (TPSA) is 78.4 Å². The molecule has 0 saturated carbocycles. The summed E-state index contributed by atoms with van der Waals surface area (Å²) in [5.74, 6) is -0.353. The first kappa shape index (κ1) is 14.9. The smallest absolute Gasteiger partial charge is 0.269 e. The van der Waals surface area contributed by atoms with Gasteiger partial charge in [0.1, 0.15) is 6.61 Å². The van der Waals surface area contributed by atoms with Gasteiger partial charge in [-0.05, 0) is 36.2 Å². The number of nitrogens with zero attached hydrogens (tertiary/aromatic N) is 1. The predicted molar refractivity (Wildman–Crippen MR) is 76.6 cm³/mol. The summed E-state index contributed by atoms with van der Waals surface area (Å²) in [5.41, 5.74) is 6.80. The molecule has 2 aromatic rings. The van der Waals surface area contributed by atoms with Gasteiger partial charge < -0.3 is 10.5 Å². The summed E-state index contributed by atoms with van der Waals surface area (Å²) in [4.78, 5) is 10.2. The number of nitrogens with two attached hydrogens (primary N) is 1. The minimum Gasteiger partial charge on any atom is -0.486 e. The molecule has 0 bridgehead atoms. The molecule has 0 amide bonds. The van der Waals surface area contributed by atoms with Crippen molar-refractivity contribution in [1.29, 1.82) is 0 Å². The second kappa shape index (κ2) is 6.81. The molecule has 2 aromatic carbocycles. The molecule has 6 heteroatoms. The van der Waals surface area contributed by atoms with Crippen LogP contribution in [0.2, 0.25) is 0 Å². The SMILES string of the molecule is NCCc1ccc(OCc2cccc([N+](=O)[O-])c2)c(F)c1. The van der Waals surface area contributed by atoms with Crippen LogP contribution >= 0.6 is 0 Å². The van der Waals surface area contributed by atoms with Crippen molar-refractivity contribution in [3.05, 3.63) is 69.5 Å². The Morgan fingerprint density at radius 3 is 2.67 bits per heavy atom. The van der Waals surface area contributed by atoms with E-state index >= 15 is 0 Å². The summed E-state index contributed by atoms with van der Waals surface area (Å²) < 4.78 is 19.2. The fraction of sp³-hybridized carbons (Fsp3) is 0.200. The van der Waals surface area contributed by atoms with Gasteiger partial charge in [-0.25, -0.2) is 4.39 Å². The summed E-state index contributed by atoms with van der Waals surface area (Å²) in [6.45, 7) is 0.516. The molecule has 0 aliphatic rings. The van der Waals surface area contributed by atoms with Gasteiger partial charge >= 0.3 is 0 Å². The van der Waals surface area contributed by atoms with Gasteiger partial charge in [0, 0.05) is 12.1 Å². The Kier molecular flexibility index (Phi) is 4.84. The molecule has 0 fully saturated rings. The molecule has 0 atom stereocenters. The first-order chi connectivity index (χ1) is 10.1. The summed E-state index contributed by atoms with van der Waals surface area (Å²) in [6, 6.07) is 10.7. The molecule has 0 aromatic heterocycles. The number of halogens is 1.